The average Bonchev–Trinajstić information content (AvgIpc) is 3.32. The van der Waals surface area contributed by atoms with Crippen LogP contribution in [-0.2, 0) is 16.1 Å². The molecule has 2 unspecified atom stereocenters. The van der Waals surface area contributed by atoms with Gasteiger partial charge in [0.1, 0.15) is 11.6 Å². The van der Waals surface area contributed by atoms with Crippen molar-refractivity contribution in [3.63, 3.8) is 0 Å². The van der Waals surface area contributed by atoms with Gasteiger partial charge in [0.25, 0.3) is 0 Å². The normalized spacial score (nSPS) is 22.7. The Labute approximate surface area is 154 Å². The van der Waals surface area contributed by atoms with Gasteiger partial charge in [-0.25, -0.2) is 13.5 Å². The Morgan fingerprint density at radius 3 is 2.78 bits per heavy atom. The predicted molar refractivity (Wildman–Crippen MR) is 93.9 cm³/mol. The van der Waals surface area contributed by atoms with Crippen LogP contribution in [0.4, 0.5) is 14.5 Å². The van der Waals surface area contributed by atoms with Crippen LogP contribution in [0.15, 0.2) is 30.6 Å². The quantitative estimate of drug-likeness (QED) is 0.796. The van der Waals surface area contributed by atoms with E-state index in [2.05, 4.69) is 15.6 Å². The SMILES string of the molecule is O=CC1OC(Cn2ccnn2)CN1c1cc(F)c(C2=CCNCC2)c(F)c1. The number of benzene rings is 1. The average molecular weight is 375 g/mol. The highest BCUT2D eigenvalue weighted by molar-refractivity contribution is 5.71. The second-order valence-corrected chi connectivity index (χ2v) is 6.53. The number of aromatic nitrogens is 3. The van der Waals surface area contributed by atoms with E-state index in [0.29, 0.717) is 44.5 Å². The maximum absolute atomic E-state index is 14.7. The van der Waals surface area contributed by atoms with Crippen molar-refractivity contribution in [3.8, 4) is 0 Å². The minimum absolute atomic E-state index is 0.00202. The van der Waals surface area contributed by atoms with E-state index in [1.807, 2.05) is 0 Å². The van der Waals surface area contributed by atoms with Crippen molar-refractivity contribution in [2.75, 3.05) is 24.5 Å². The number of halogens is 2. The molecule has 3 heterocycles. The van der Waals surface area contributed by atoms with Crippen LogP contribution in [0.2, 0.25) is 0 Å². The van der Waals surface area contributed by atoms with Gasteiger partial charge in [-0.3, -0.25) is 4.79 Å². The molecule has 0 radical (unpaired) electrons. The number of carbonyl (C=O) groups is 1. The van der Waals surface area contributed by atoms with E-state index in [1.165, 1.54) is 12.1 Å². The molecule has 0 saturated carbocycles. The van der Waals surface area contributed by atoms with Crippen LogP contribution in [0.3, 0.4) is 0 Å². The molecule has 1 aromatic carbocycles. The summed E-state index contributed by atoms with van der Waals surface area (Å²) in [6, 6.07) is 2.53. The number of nitrogens with zero attached hydrogens (tertiary/aromatic N) is 4. The number of carbonyl (C=O) groups excluding carboxylic acids is 1. The van der Waals surface area contributed by atoms with E-state index in [4.69, 9.17) is 4.74 Å². The van der Waals surface area contributed by atoms with Crippen LogP contribution < -0.4 is 10.2 Å². The Morgan fingerprint density at radius 1 is 1.33 bits per heavy atom. The Bertz CT molecular complexity index is 832. The zero-order chi connectivity index (χ0) is 18.8. The molecule has 142 valence electrons. The van der Waals surface area contributed by atoms with Gasteiger partial charge in [-0.05, 0) is 30.7 Å². The number of aldehydes is 1. The third-order valence-corrected chi connectivity index (χ3v) is 4.76. The third kappa shape index (κ3) is 3.60. The fraction of sp³-hybridized carbons (Fsp3) is 0.389. The lowest BCUT2D eigenvalue weighted by Gasteiger charge is -2.22. The lowest BCUT2D eigenvalue weighted by Crippen LogP contribution is -2.31. The summed E-state index contributed by atoms with van der Waals surface area (Å²) in [6.45, 7) is 1.98. The lowest BCUT2D eigenvalue weighted by atomic mass is 9.98. The number of ether oxygens (including phenoxy) is 1. The van der Waals surface area contributed by atoms with Crippen molar-refractivity contribution >= 4 is 17.5 Å². The number of rotatable bonds is 5. The molecule has 1 saturated heterocycles. The van der Waals surface area contributed by atoms with E-state index in [-0.39, 0.29) is 17.4 Å². The topological polar surface area (TPSA) is 72.3 Å². The number of hydrogen-bond acceptors (Lipinski definition) is 6. The molecule has 2 aliphatic rings. The van der Waals surface area contributed by atoms with E-state index >= 15 is 0 Å². The number of nitrogens with one attached hydrogen (secondary N) is 1. The lowest BCUT2D eigenvalue weighted by molar-refractivity contribution is -0.117. The van der Waals surface area contributed by atoms with Crippen LogP contribution in [0.1, 0.15) is 12.0 Å². The zero-order valence-electron chi connectivity index (χ0n) is 14.5. The molecule has 0 bridgehead atoms. The molecule has 0 amide bonds. The van der Waals surface area contributed by atoms with Crippen molar-refractivity contribution in [3.05, 3.63) is 47.8 Å². The predicted octanol–water partition coefficient (Wildman–Crippen LogP) is 1.36. The highest BCUT2D eigenvalue weighted by Crippen LogP contribution is 2.32. The standard InChI is InChI=1S/C18H19F2N5O2/c19-15-7-13(8-16(20)18(15)12-1-3-21-4-2-12)25-10-14(27-17(25)11-26)9-24-6-5-22-23-24/h1,5-8,11,14,17,21H,2-4,9-10H2. The number of hydrogen-bond donors (Lipinski definition) is 1. The molecule has 1 fully saturated rings. The van der Waals surface area contributed by atoms with Gasteiger partial charge in [-0.2, -0.15) is 0 Å². The van der Waals surface area contributed by atoms with Crippen LogP contribution >= 0.6 is 0 Å². The maximum Gasteiger partial charge on any atom is 0.187 e. The van der Waals surface area contributed by atoms with Crippen LogP contribution in [0.5, 0.6) is 0 Å². The van der Waals surface area contributed by atoms with E-state index < -0.39 is 17.9 Å². The molecule has 27 heavy (non-hydrogen) atoms. The molecule has 1 N–H and O–H groups in total. The molecule has 1 aromatic heterocycles. The molecule has 0 spiro atoms. The molecule has 2 atom stereocenters. The first kappa shape index (κ1) is 17.7. The molecular formula is C18H19F2N5O2. The summed E-state index contributed by atoms with van der Waals surface area (Å²) >= 11 is 0. The fourth-order valence-electron chi connectivity index (χ4n) is 3.52. The molecule has 9 heteroatoms. The van der Waals surface area contributed by atoms with Crippen molar-refractivity contribution < 1.29 is 18.3 Å². The minimum Gasteiger partial charge on any atom is -0.344 e. The smallest absolute Gasteiger partial charge is 0.187 e. The summed E-state index contributed by atoms with van der Waals surface area (Å²) in [5.41, 5.74) is 0.938. The second-order valence-electron chi connectivity index (χ2n) is 6.53. The van der Waals surface area contributed by atoms with Crippen LogP contribution in [0, 0.1) is 11.6 Å². The Morgan fingerprint density at radius 2 is 2.15 bits per heavy atom. The van der Waals surface area contributed by atoms with Gasteiger partial charge in [0.15, 0.2) is 12.5 Å². The Balaban J connectivity index is 1.58. The summed E-state index contributed by atoms with van der Waals surface area (Å²) < 4.78 is 36.7. The zero-order valence-corrected chi connectivity index (χ0v) is 14.5. The monoisotopic (exact) mass is 375 g/mol. The van der Waals surface area contributed by atoms with Crippen molar-refractivity contribution in [1.82, 2.24) is 20.3 Å². The van der Waals surface area contributed by atoms with Crippen LogP contribution in [-0.4, -0.2) is 53.2 Å². The van der Waals surface area contributed by atoms with Crippen molar-refractivity contribution in [2.24, 2.45) is 0 Å². The maximum atomic E-state index is 14.7. The van der Waals surface area contributed by atoms with E-state index in [1.54, 1.807) is 28.1 Å². The highest BCUT2D eigenvalue weighted by Gasteiger charge is 2.34. The van der Waals surface area contributed by atoms with Gasteiger partial charge in [-0.15, -0.1) is 5.10 Å². The third-order valence-electron chi connectivity index (χ3n) is 4.76. The first-order valence-electron chi connectivity index (χ1n) is 8.76. The van der Waals surface area contributed by atoms with E-state index in [9.17, 15) is 13.6 Å². The fourth-order valence-corrected chi connectivity index (χ4v) is 3.52. The first-order valence-corrected chi connectivity index (χ1v) is 8.76. The summed E-state index contributed by atoms with van der Waals surface area (Å²) in [7, 11) is 0. The van der Waals surface area contributed by atoms with Gasteiger partial charge in [-0.1, -0.05) is 11.3 Å². The molecule has 2 aromatic rings. The van der Waals surface area contributed by atoms with Crippen molar-refractivity contribution in [1.29, 1.82) is 0 Å². The summed E-state index contributed by atoms with van der Waals surface area (Å²) in [4.78, 5) is 13.0. The molecule has 0 aliphatic carbocycles. The Hall–Kier alpha value is -2.65. The molecule has 7 nitrogen and oxygen atoms in total. The van der Waals surface area contributed by atoms with Gasteiger partial charge in [0.2, 0.25) is 0 Å². The number of anilines is 1. The second kappa shape index (κ2) is 7.53. The molecule has 4 rings (SSSR count). The summed E-state index contributed by atoms with van der Waals surface area (Å²) in [5.74, 6) is -1.27. The highest BCUT2D eigenvalue weighted by atomic mass is 19.1. The first-order chi connectivity index (χ1) is 13.2. The molecule has 2 aliphatic heterocycles. The van der Waals surface area contributed by atoms with Gasteiger partial charge in [0.05, 0.1) is 18.8 Å². The van der Waals surface area contributed by atoms with Crippen LogP contribution in [0.25, 0.3) is 5.57 Å². The van der Waals surface area contributed by atoms with Gasteiger partial charge in [0, 0.05) is 30.5 Å². The van der Waals surface area contributed by atoms with Crippen molar-refractivity contribution in [2.45, 2.75) is 25.3 Å². The molecular weight excluding hydrogens is 356 g/mol. The minimum atomic E-state index is -0.902. The summed E-state index contributed by atoms with van der Waals surface area (Å²) in [6.07, 6.45) is 4.97. The van der Waals surface area contributed by atoms with Gasteiger partial charge < -0.3 is 15.0 Å². The largest absolute Gasteiger partial charge is 0.344 e. The van der Waals surface area contributed by atoms with Gasteiger partial charge >= 0.3 is 0 Å². The Kier molecular flexibility index (Phi) is 4.95. The van der Waals surface area contributed by atoms with E-state index in [0.717, 1.165) is 0 Å². The summed E-state index contributed by atoms with van der Waals surface area (Å²) in [5, 5.41) is 10.7.